The fraction of sp³-hybridized carbons (Fsp3) is 0.542. The summed E-state index contributed by atoms with van der Waals surface area (Å²) in [4.78, 5) is 0. The van der Waals surface area contributed by atoms with E-state index in [1.165, 1.54) is 27.8 Å². The number of allylic oxidation sites excluding steroid dienone is 4. The van der Waals surface area contributed by atoms with Crippen molar-refractivity contribution < 1.29 is 57.7 Å². The Morgan fingerprint density at radius 1 is 0.305 bits per heavy atom. The second-order valence-corrected chi connectivity index (χ2v) is 60.2. The van der Waals surface area contributed by atoms with E-state index in [0.29, 0.717) is 0 Å². The Morgan fingerprint density at radius 2 is 0.492 bits per heavy atom. The molecule has 0 fully saturated rings. The van der Waals surface area contributed by atoms with E-state index in [9.17, 15) is 0 Å². The van der Waals surface area contributed by atoms with Gasteiger partial charge in [0.1, 0.15) is 0 Å². The van der Waals surface area contributed by atoms with Crippen molar-refractivity contribution in [3.63, 3.8) is 0 Å². The zero-order valence-electron chi connectivity index (χ0n) is 42.1. The summed E-state index contributed by atoms with van der Waals surface area (Å²) in [5, 5.41) is 15.4. The van der Waals surface area contributed by atoms with Crippen LogP contribution >= 0.6 is 0 Å². The standard InChI is InChI=1S/C48H81Si7.3ClH.Ti/c1-32-26-45(42(52(17,18)19)29-39(32)49(8,9)10)55(48-37(6)35(4)36(5)38(48)7,46-27-33(2)40(50(11,12)13)30-43(46)53(20,21)22)47-28-34(3)41(51(14,15)16)31-44(47)54(23,24)25;;;;/h26-31H,1-25H3;3*1H;/q;;;;+3/p-3. The first-order valence-corrected chi connectivity index (χ1v) is 45.2. The minimum absolute atomic E-state index is 0. The predicted molar refractivity (Wildman–Crippen MR) is 276 cm³/mol. The molecule has 1 aliphatic carbocycles. The van der Waals surface area contributed by atoms with E-state index in [1.54, 1.807) is 57.8 Å². The van der Waals surface area contributed by atoms with E-state index < -0.39 is 56.5 Å². The maximum atomic E-state index is 2.85. The molecule has 0 saturated carbocycles. The molecular weight excluding hydrogens is 927 g/mol. The fourth-order valence-electron chi connectivity index (χ4n) is 10.4. The number of halogens is 3. The van der Waals surface area contributed by atoms with Crippen LogP contribution < -0.4 is 83.9 Å². The van der Waals surface area contributed by atoms with Gasteiger partial charge in [0.15, 0.2) is 0 Å². The van der Waals surface area contributed by atoms with Gasteiger partial charge in [-0.05, 0) is 0 Å². The van der Waals surface area contributed by atoms with E-state index in [0.717, 1.165) is 0 Å². The molecule has 3 aromatic rings. The van der Waals surface area contributed by atoms with Gasteiger partial charge in [-0.2, -0.15) is 0 Å². The van der Waals surface area contributed by atoms with Gasteiger partial charge in [0.25, 0.3) is 0 Å². The molecule has 326 valence electrons. The molecule has 11 heteroatoms. The Balaban J connectivity index is 0.00000580. The smallest absolute Gasteiger partial charge is 1.00 e. The van der Waals surface area contributed by atoms with Crippen LogP contribution in [0.15, 0.2) is 58.7 Å². The van der Waals surface area contributed by atoms with Crippen LogP contribution in [0.4, 0.5) is 0 Å². The Kier molecular flexibility index (Phi) is 17.7. The van der Waals surface area contributed by atoms with Crippen molar-refractivity contribution in [3.05, 3.63) is 75.4 Å². The van der Waals surface area contributed by atoms with Gasteiger partial charge in [0.05, 0.1) is 0 Å². The average molecular weight is 1010 g/mol. The zero-order chi connectivity index (χ0) is 43.5. The van der Waals surface area contributed by atoms with Crippen molar-refractivity contribution in [1.29, 1.82) is 0 Å². The maximum absolute atomic E-state index is 3.09. The van der Waals surface area contributed by atoms with Crippen molar-refractivity contribution in [2.45, 2.75) is 170 Å². The summed E-state index contributed by atoms with van der Waals surface area (Å²) in [6.07, 6.45) is 0. The summed E-state index contributed by atoms with van der Waals surface area (Å²) in [6, 6.07) is 17.1. The number of hydrogen-bond donors (Lipinski definition) is 0. The van der Waals surface area contributed by atoms with Gasteiger partial charge in [0, 0.05) is 0 Å². The molecule has 0 aromatic heterocycles. The van der Waals surface area contributed by atoms with E-state index in [1.807, 2.05) is 0 Å². The van der Waals surface area contributed by atoms with Gasteiger partial charge in [-0.25, -0.2) is 0 Å². The first kappa shape index (κ1) is 57.3. The van der Waals surface area contributed by atoms with Crippen LogP contribution in [0.5, 0.6) is 0 Å². The Morgan fingerprint density at radius 3 is 0.661 bits per heavy atom. The summed E-state index contributed by atoms with van der Waals surface area (Å²) in [5.41, 5.74) is 10.9. The Bertz CT molecular complexity index is 1920. The normalized spacial score (nSPS) is 15.6. The van der Waals surface area contributed by atoms with E-state index in [-0.39, 0.29) is 40.6 Å². The van der Waals surface area contributed by atoms with E-state index in [4.69, 9.17) is 0 Å². The monoisotopic (exact) mass is 1010 g/mol. The second-order valence-electron chi connectivity index (χ2n) is 24.1. The molecule has 0 unspecified atom stereocenters. The third kappa shape index (κ3) is 10.1. The summed E-state index contributed by atoms with van der Waals surface area (Å²) >= 11 is 2.77. The van der Waals surface area contributed by atoms with Crippen molar-refractivity contribution in [2.75, 3.05) is 0 Å². The molecule has 59 heavy (non-hydrogen) atoms. The fourth-order valence-corrected chi connectivity index (χ4v) is 34.5. The van der Waals surface area contributed by atoms with Gasteiger partial charge in [-0.3, -0.25) is 0 Å². The van der Waals surface area contributed by atoms with Gasteiger partial charge < -0.3 is 37.2 Å². The third-order valence-corrected chi connectivity index (χ3v) is 35.3. The minimum Gasteiger partial charge on any atom is -1.00 e. The zero-order valence-corrected chi connectivity index (χ0v) is 52.9. The molecule has 4 rings (SSSR count). The number of aryl methyl sites for hydroxylation is 3. The van der Waals surface area contributed by atoms with Crippen LogP contribution in [0, 0.1) is 20.8 Å². The summed E-state index contributed by atoms with van der Waals surface area (Å²) in [7, 11) is -13.8. The van der Waals surface area contributed by atoms with Crippen LogP contribution in [0.3, 0.4) is 0 Å². The van der Waals surface area contributed by atoms with Crippen molar-refractivity contribution in [2.24, 2.45) is 0 Å². The molecule has 0 heterocycles. The van der Waals surface area contributed by atoms with Crippen LogP contribution in [0.25, 0.3) is 0 Å². The summed E-state index contributed by atoms with van der Waals surface area (Å²) in [5.74, 6) is 0. The largest absolute Gasteiger partial charge is 1.00 e. The SMILES string of the molecule is CC1=C(C)[C]([Ti+3])([Si](c2cc(C)c([Si](C)(C)C)cc2[Si](C)(C)C)(c2cc(C)c([Si](C)(C)C)cc2[Si](C)(C)C)c2cc(C)c([Si](C)(C)C)cc2[Si](C)(C)C)C(C)=C1C.[Cl-].[Cl-].[Cl-]. The van der Waals surface area contributed by atoms with Crippen LogP contribution in [-0.2, 0) is 20.4 Å². The van der Waals surface area contributed by atoms with Crippen molar-refractivity contribution >= 4 is 103 Å². The molecular formula is C48H81Cl3Si7Ti. The Hall–Kier alpha value is 0.242. The maximum Gasteiger partial charge on any atom is -1.00 e. The van der Waals surface area contributed by atoms with Gasteiger partial charge in [0.2, 0.25) is 0 Å². The predicted octanol–water partition coefficient (Wildman–Crippen LogP) is 0.296. The first-order chi connectivity index (χ1) is 24.9. The second kappa shape index (κ2) is 18.3. The van der Waals surface area contributed by atoms with E-state index >= 15 is 0 Å². The molecule has 0 spiro atoms. The molecule has 0 nitrogen and oxygen atoms in total. The number of rotatable bonds is 10. The molecule has 0 aliphatic heterocycles. The van der Waals surface area contributed by atoms with Crippen molar-refractivity contribution in [1.82, 2.24) is 0 Å². The van der Waals surface area contributed by atoms with Gasteiger partial charge in [-0.1, -0.05) is 0 Å². The molecule has 0 atom stereocenters. The molecule has 0 N–H and O–H groups in total. The quantitative estimate of drug-likeness (QED) is 0.203. The summed E-state index contributed by atoms with van der Waals surface area (Å²) in [6.45, 7) is 64.6. The van der Waals surface area contributed by atoms with Gasteiger partial charge in [-0.15, -0.1) is 0 Å². The van der Waals surface area contributed by atoms with Crippen molar-refractivity contribution in [3.8, 4) is 0 Å². The van der Waals surface area contributed by atoms with Crippen LogP contribution in [0.1, 0.15) is 44.4 Å². The topological polar surface area (TPSA) is 0 Å². The number of hydrogen-bond acceptors (Lipinski definition) is 0. The molecule has 0 saturated heterocycles. The molecule has 0 amide bonds. The molecule has 0 bridgehead atoms. The average Bonchev–Trinajstić information content (AvgIpc) is 3.13. The third-order valence-electron chi connectivity index (χ3n) is 13.5. The number of benzene rings is 3. The molecule has 0 radical (unpaired) electrons. The summed E-state index contributed by atoms with van der Waals surface area (Å²) < 4.78 is -0.147. The van der Waals surface area contributed by atoms with Crippen LogP contribution in [0.2, 0.25) is 121 Å². The first-order valence-electron chi connectivity index (χ1n) is 21.5. The van der Waals surface area contributed by atoms with Gasteiger partial charge >= 0.3 is 369 Å². The van der Waals surface area contributed by atoms with Crippen LogP contribution in [-0.4, -0.2) is 56.5 Å². The minimum atomic E-state index is -3.09. The molecule has 3 aromatic carbocycles. The Labute approximate surface area is 402 Å². The van der Waals surface area contributed by atoms with E-state index in [2.05, 4.69) is 223 Å². The molecule has 1 aliphatic rings.